The summed E-state index contributed by atoms with van der Waals surface area (Å²) < 4.78 is 14.4. The molecular formula is C22H26ClFO2. The number of carbonyl (C=O) groups excluding carboxylic acids is 2. The van der Waals surface area contributed by atoms with Gasteiger partial charge in [-0.25, -0.2) is 4.39 Å². The van der Waals surface area contributed by atoms with Crippen molar-refractivity contribution in [1.29, 1.82) is 0 Å². The van der Waals surface area contributed by atoms with Crippen LogP contribution >= 0.6 is 11.6 Å². The molecule has 0 heterocycles. The van der Waals surface area contributed by atoms with Crippen molar-refractivity contribution in [3.05, 3.63) is 34.4 Å². The Labute approximate surface area is 159 Å². The Kier molecular flexibility index (Phi) is 3.77. The summed E-state index contributed by atoms with van der Waals surface area (Å²) in [6.07, 6.45) is 2.12. The second kappa shape index (κ2) is 5.41. The zero-order valence-electron chi connectivity index (χ0n) is 15.9. The predicted octanol–water partition coefficient (Wildman–Crippen LogP) is 5.18. The third-order valence-corrected chi connectivity index (χ3v) is 8.70. The van der Waals surface area contributed by atoms with Crippen LogP contribution in [0.3, 0.4) is 0 Å². The third kappa shape index (κ3) is 1.93. The van der Waals surface area contributed by atoms with Gasteiger partial charge in [-0.3, -0.25) is 9.59 Å². The molecule has 0 bridgehead atoms. The number of halogens is 2. The highest BCUT2D eigenvalue weighted by atomic mass is 35.5. The van der Waals surface area contributed by atoms with Crippen LogP contribution in [-0.2, 0) is 9.59 Å². The molecule has 4 rings (SSSR count). The van der Waals surface area contributed by atoms with Gasteiger partial charge < -0.3 is 0 Å². The number of rotatable bonds is 0. The smallest absolute Gasteiger partial charge is 0.197 e. The van der Waals surface area contributed by atoms with Gasteiger partial charge in [-0.1, -0.05) is 50.1 Å². The molecule has 0 spiro atoms. The van der Waals surface area contributed by atoms with Crippen molar-refractivity contribution in [2.75, 3.05) is 0 Å². The number of alkyl halides is 1. The SMILES string of the molecule is C=C1[C@@H](C)C2=C(Cl)C(=O)C=C(C)[C@]2(C)[C@H]2CC[C@]3(C)C(=O)[C@H](F)C[C@H]3[C@H]12. The first-order valence-electron chi connectivity index (χ1n) is 9.55. The Morgan fingerprint density at radius 3 is 2.58 bits per heavy atom. The number of hydrogen-bond donors (Lipinski definition) is 0. The summed E-state index contributed by atoms with van der Waals surface area (Å²) in [5, 5.41) is 0.324. The molecule has 3 fully saturated rings. The van der Waals surface area contributed by atoms with Gasteiger partial charge in [-0.15, -0.1) is 0 Å². The van der Waals surface area contributed by atoms with Crippen LogP contribution in [0, 0.1) is 34.5 Å². The van der Waals surface area contributed by atoms with Crippen molar-refractivity contribution in [1.82, 2.24) is 0 Å². The van der Waals surface area contributed by atoms with Crippen LogP contribution in [0.5, 0.6) is 0 Å². The molecule has 0 unspecified atom stereocenters. The van der Waals surface area contributed by atoms with E-state index in [-0.39, 0.29) is 40.7 Å². The lowest BCUT2D eigenvalue weighted by molar-refractivity contribution is -0.133. The largest absolute Gasteiger partial charge is 0.296 e. The number of fused-ring (bicyclic) bond motifs is 5. The number of ketones is 2. The summed E-state index contributed by atoms with van der Waals surface area (Å²) in [5.41, 5.74) is 2.10. The van der Waals surface area contributed by atoms with Gasteiger partial charge in [-0.2, -0.15) is 0 Å². The van der Waals surface area contributed by atoms with E-state index in [2.05, 4.69) is 20.4 Å². The summed E-state index contributed by atoms with van der Waals surface area (Å²) in [7, 11) is 0. The van der Waals surface area contributed by atoms with Gasteiger partial charge in [0, 0.05) is 16.7 Å². The lowest BCUT2D eigenvalue weighted by Gasteiger charge is -2.59. The maximum atomic E-state index is 14.4. The van der Waals surface area contributed by atoms with Crippen LogP contribution in [-0.4, -0.2) is 17.7 Å². The highest BCUT2D eigenvalue weighted by Gasteiger charge is 2.64. The Balaban J connectivity index is 1.89. The maximum absolute atomic E-state index is 14.4. The van der Waals surface area contributed by atoms with E-state index in [9.17, 15) is 14.0 Å². The lowest BCUT2D eigenvalue weighted by Crippen LogP contribution is -2.53. The molecule has 0 saturated heterocycles. The van der Waals surface area contributed by atoms with E-state index in [1.807, 2.05) is 13.8 Å². The minimum absolute atomic E-state index is 0.0127. The van der Waals surface area contributed by atoms with E-state index in [1.165, 1.54) is 0 Å². The fourth-order valence-corrected chi connectivity index (χ4v) is 7.07. The van der Waals surface area contributed by atoms with Crippen LogP contribution in [0.15, 0.2) is 34.4 Å². The molecule has 0 aliphatic heterocycles. The summed E-state index contributed by atoms with van der Waals surface area (Å²) in [5.74, 6) is -0.121. The Morgan fingerprint density at radius 1 is 1.27 bits per heavy atom. The quantitative estimate of drug-likeness (QED) is 0.546. The predicted molar refractivity (Wildman–Crippen MR) is 100 cm³/mol. The van der Waals surface area contributed by atoms with E-state index < -0.39 is 11.6 Å². The van der Waals surface area contributed by atoms with E-state index in [1.54, 1.807) is 6.08 Å². The number of hydrogen-bond acceptors (Lipinski definition) is 2. The molecule has 0 aromatic heterocycles. The van der Waals surface area contributed by atoms with Gasteiger partial charge in [-0.05, 0) is 55.6 Å². The minimum Gasteiger partial charge on any atom is -0.296 e. The maximum Gasteiger partial charge on any atom is 0.197 e. The molecule has 0 aromatic carbocycles. The van der Waals surface area contributed by atoms with Gasteiger partial charge in [0.2, 0.25) is 0 Å². The van der Waals surface area contributed by atoms with E-state index in [0.29, 0.717) is 17.9 Å². The topological polar surface area (TPSA) is 34.1 Å². The van der Waals surface area contributed by atoms with Gasteiger partial charge in [0.05, 0.1) is 5.03 Å². The van der Waals surface area contributed by atoms with Crippen molar-refractivity contribution in [2.24, 2.45) is 34.5 Å². The fraction of sp³-hybridized carbons (Fsp3) is 0.636. The molecule has 7 atom stereocenters. The highest BCUT2D eigenvalue weighted by molar-refractivity contribution is 6.45. The zero-order chi connectivity index (χ0) is 19.2. The molecule has 4 heteroatoms. The number of Topliss-reactive ketones (excluding diaryl/α,β-unsaturated/α-hetero) is 1. The number of carbonyl (C=O) groups is 2. The summed E-state index contributed by atoms with van der Waals surface area (Å²) in [6, 6.07) is 0. The standard InChI is InChI=1S/C22H26ClFO2/c1-10-8-16(25)19(23)18-12(3)11(2)17-13(22(10,18)5)6-7-21(4)14(17)9-15(24)20(21)26/h8,12-15,17H,2,6-7,9H2,1,3-5H3/t12-,13+,14+,15-,17-,21+,22-/m1/s1. The minimum atomic E-state index is -1.36. The molecule has 0 amide bonds. The van der Waals surface area contributed by atoms with Crippen molar-refractivity contribution < 1.29 is 14.0 Å². The molecule has 26 heavy (non-hydrogen) atoms. The molecule has 0 aromatic rings. The molecule has 4 aliphatic rings. The second-order valence-corrected chi connectivity index (χ2v) is 9.56. The normalized spacial score (nSPS) is 48.2. The van der Waals surface area contributed by atoms with Crippen LogP contribution < -0.4 is 0 Å². The van der Waals surface area contributed by atoms with Crippen molar-refractivity contribution in [3.63, 3.8) is 0 Å². The zero-order valence-corrected chi connectivity index (χ0v) is 16.6. The van der Waals surface area contributed by atoms with Crippen molar-refractivity contribution in [2.45, 2.75) is 53.1 Å². The molecule has 3 saturated carbocycles. The van der Waals surface area contributed by atoms with Crippen LogP contribution in [0.25, 0.3) is 0 Å². The van der Waals surface area contributed by atoms with E-state index >= 15 is 0 Å². The van der Waals surface area contributed by atoms with E-state index in [0.717, 1.165) is 23.1 Å². The lowest BCUT2D eigenvalue weighted by atomic mass is 9.44. The Hall–Kier alpha value is -1.22. The molecular weight excluding hydrogens is 351 g/mol. The monoisotopic (exact) mass is 376 g/mol. The Bertz CT molecular complexity index is 809. The van der Waals surface area contributed by atoms with Gasteiger partial charge >= 0.3 is 0 Å². The van der Waals surface area contributed by atoms with Crippen LogP contribution in [0.1, 0.15) is 47.0 Å². The average molecular weight is 377 g/mol. The van der Waals surface area contributed by atoms with E-state index in [4.69, 9.17) is 11.6 Å². The first kappa shape index (κ1) is 18.2. The molecule has 2 nitrogen and oxygen atoms in total. The summed E-state index contributed by atoms with van der Waals surface area (Å²) >= 11 is 6.50. The van der Waals surface area contributed by atoms with Gasteiger partial charge in [0.1, 0.15) is 0 Å². The highest BCUT2D eigenvalue weighted by Crippen LogP contribution is 2.68. The summed E-state index contributed by atoms with van der Waals surface area (Å²) in [4.78, 5) is 24.9. The first-order chi connectivity index (χ1) is 12.0. The van der Waals surface area contributed by atoms with Crippen molar-refractivity contribution >= 4 is 23.2 Å². The van der Waals surface area contributed by atoms with Crippen LogP contribution in [0.2, 0.25) is 0 Å². The molecule has 0 radical (unpaired) electrons. The fourth-order valence-electron chi connectivity index (χ4n) is 6.65. The molecule has 4 aliphatic carbocycles. The average Bonchev–Trinajstić information content (AvgIpc) is 2.81. The van der Waals surface area contributed by atoms with Gasteiger partial charge in [0.15, 0.2) is 17.7 Å². The first-order valence-corrected chi connectivity index (χ1v) is 9.93. The van der Waals surface area contributed by atoms with Crippen molar-refractivity contribution in [3.8, 4) is 0 Å². The molecule has 0 N–H and O–H groups in total. The summed E-state index contributed by atoms with van der Waals surface area (Å²) in [6.45, 7) is 12.5. The van der Waals surface area contributed by atoms with Gasteiger partial charge in [0.25, 0.3) is 0 Å². The number of allylic oxidation sites excluding steroid dienone is 5. The van der Waals surface area contributed by atoms with Crippen LogP contribution in [0.4, 0.5) is 4.39 Å². The third-order valence-electron chi connectivity index (χ3n) is 8.31. The second-order valence-electron chi connectivity index (χ2n) is 9.18. The molecule has 140 valence electrons. The Morgan fingerprint density at radius 2 is 1.92 bits per heavy atom.